The standard InChI is InChI=1S/C16H20N4O4S2/c1-10(2)13-8-14(21)19-16(18-13)25-9-15(22)17-11-5-4-6-12(7-11)20-26(3,23)24/h4-8,10,20H,9H2,1-3H3,(H,17,22)(H,18,19,21). The molecule has 0 unspecified atom stereocenters. The van der Waals surface area contributed by atoms with Gasteiger partial charge in [0, 0.05) is 11.8 Å². The molecule has 1 aromatic heterocycles. The summed E-state index contributed by atoms with van der Waals surface area (Å²) in [6.45, 7) is 3.86. The van der Waals surface area contributed by atoms with Gasteiger partial charge in [-0.25, -0.2) is 13.4 Å². The molecule has 1 heterocycles. The molecule has 0 atom stereocenters. The maximum absolute atomic E-state index is 12.1. The molecule has 2 aromatic rings. The zero-order valence-electron chi connectivity index (χ0n) is 14.6. The van der Waals surface area contributed by atoms with Crippen molar-refractivity contribution in [1.29, 1.82) is 0 Å². The SMILES string of the molecule is CC(C)c1cc(=O)[nH]c(SCC(=O)Nc2cccc(NS(C)(=O)=O)c2)n1. The third kappa shape index (κ3) is 6.52. The van der Waals surface area contributed by atoms with Crippen LogP contribution in [0.25, 0.3) is 0 Å². The van der Waals surface area contributed by atoms with Gasteiger partial charge in [0.15, 0.2) is 5.16 Å². The largest absolute Gasteiger partial charge is 0.325 e. The highest BCUT2D eigenvalue weighted by Gasteiger charge is 2.09. The Labute approximate surface area is 155 Å². The van der Waals surface area contributed by atoms with Gasteiger partial charge in [0.05, 0.1) is 23.4 Å². The number of H-pyrrole nitrogens is 1. The van der Waals surface area contributed by atoms with Crippen LogP contribution in [-0.2, 0) is 14.8 Å². The minimum Gasteiger partial charge on any atom is -0.325 e. The predicted molar refractivity (Wildman–Crippen MR) is 103 cm³/mol. The Balaban J connectivity index is 1.99. The van der Waals surface area contributed by atoms with E-state index in [1.54, 1.807) is 18.2 Å². The lowest BCUT2D eigenvalue weighted by atomic mass is 10.1. The van der Waals surface area contributed by atoms with E-state index in [9.17, 15) is 18.0 Å². The highest BCUT2D eigenvalue weighted by atomic mass is 32.2. The van der Waals surface area contributed by atoms with E-state index in [2.05, 4.69) is 20.0 Å². The minimum atomic E-state index is -3.39. The van der Waals surface area contributed by atoms with E-state index in [0.717, 1.165) is 18.0 Å². The fraction of sp³-hybridized carbons (Fsp3) is 0.312. The van der Waals surface area contributed by atoms with Crippen molar-refractivity contribution in [2.75, 3.05) is 22.0 Å². The Morgan fingerprint density at radius 2 is 1.96 bits per heavy atom. The van der Waals surface area contributed by atoms with Crippen molar-refractivity contribution in [2.24, 2.45) is 0 Å². The van der Waals surface area contributed by atoms with Crippen LogP contribution in [0.1, 0.15) is 25.5 Å². The van der Waals surface area contributed by atoms with Crippen LogP contribution in [0.2, 0.25) is 0 Å². The molecule has 0 bridgehead atoms. The van der Waals surface area contributed by atoms with Gasteiger partial charge in [-0.1, -0.05) is 31.7 Å². The van der Waals surface area contributed by atoms with Gasteiger partial charge in [-0.2, -0.15) is 0 Å². The second-order valence-electron chi connectivity index (χ2n) is 5.92. The number of rotatable bonds is 7. The van der Waals surface area contributed by atoms with Gasteiger partial charge < -0.3 is 10.3 Å². The summed E-state index contributed by atoms with van der Waals surface area (Å²) >= 11 is 1.12. The predicted octanol–water partition coefficient (Wildman–Crippen LogP) is 2.00. The molecule has 140 valence electrons. The number of nitrogens with one attached hydrogen (secondary N) is 3. The van der Waals surface area contributed by atoms with E-state index in [-0.39, 0.29) is 23.1 Å². The zero-order valence-corrected chi connectivity index (χ0v) is 16.2. The van der Waals surface area contributed by atoms with E-state index < -0.39 is 10.0 Å². The number of anilines is 2. The maximum atomic E-state index is 12.1. The molecule has 0 saturated heterocycles. The van der Waals surface area contributed by atoms with Gasteiger partial charge in [0.25, 0.3) is 5.56 Å². The third-order valence-electron chi connectivity index (χ3n) is 3.12. The molecule has 1 aromatic carbocycles. The number of benzene rings is 1. The summed E-state index contributed by atoms with van der Waals surface area (Å²) in [5, 5.41) is 3.05. The number of sulfonamides is 1. The van der Waals surface area contributed by atoms with Gasteiger partial charge in [-0.3, -0.25) is 14.3 Å². The van der Waals surface area contributed by atoms with Gasteiger partial charge in [-0.05, 0) is 24.1 Å². The number of amides is 1. The van der Waals surface area contributed by atoms with Crippen LogP contribution >= 0.6 is 11.8 Å². The highest BCUT2D eigenvalue weighted by molar-refractivity contribution is 7.99. The number of carbonyl (C=O) groups is 1. The lowest BCUT2D eigenvalue weighted by molar-refractivity contribution is -0.113. The second-order valence-corrected chi connectivity index (χ2v) is 8.63. The molecule has 0 spiro atoms. The quantitative estimate of drug-likeness (QED) is 0.486. The van der Waals surface area contributed by atoms with Crippen LogP contribution in [0.5, 0.6) is 0 Å². The number of aromatic nitrogens is 2. The lowest BCUT2D eigenvalue weighted by Crippen LogP contribution is -2.16. The highest BCUT2D eigenvalue weighted by Crippen LogP contribution is 2.18. The molecule has 3 N–H and O–H groups in total. The summed E-state index contributed by atoms with van der Waals surface area (Å²) in [6, 6.07) is 7.81. The minimum absolute atomic E-state index is 0.0498. The maximum Gasteiger partial charge on any atom is 0.251 e. The molecule has 8 nitrogen and oxygen atoms in total. The van der Waals surface area contributed by atoms with E-state index in [1.807, 2.05) is 13.8 Å². The average Bonchev–Trinajstić information content (AvgIpc) is 2.51. The molecule has 0 radical (unpaired) electrons. The summed E-state index contributed by atoms with van der Waals surface area (Å²) in [6.07, 6.45) is 1.05. The van der Waals surface area contributed by atoms with Crippen molar-refractivity contribution < 1.29 is 13.2 Å². The topological polar surface area (TPSA) is 121 Å². The van der Waals surface area contributed by atoms with Gasteiger partial charge in [0.2, 0.25) is 15.9 Å². The van der Waals surface area contributed by atoms with E-state index in [1.165, 1.54) is 12.1 Å². The van der Waals surface area contributed by atoms with Crippen LogP contribution < -0.4 is 15.6 Å². The summed E-state index contributed by atoms with van der Waals surface area (Å²) < 4.78 is 24.9. The Hall–Kier alpha value is -2.33. The van der Waals surface area contributed by atoms with Crippen LogP contribution in [0.15, 0.2) is 40.3 Å². The fourth-order valence-corrected chi connectivity index (χ4v) is 3.26. The van der Waals surface area contributed by atoms with Gasteiger partial charge in [0.1, 0.15) is 0 Å². The number of nitrogens with zero attached hydrogens (tertiary/aromatic N) is 1. The van der Waals surface area contributed by atoms with Crippen molar-refractivity contribution in [2.45, 2.75) is 24.9 Å². The zero-order chi connectivity index (χ0) is 19.3. The number of aromatic amines is 1. The van der Waals surface area contributed by atoms with Crippen molar-refractivity contribution in [3.63, 3.8) is 0 Å². The summed E-state index contributed by atoms with van der Waals surface area (Å²) in [5.74, 6) is -0.145. The smallest absolute Gasteiger partial charge is 0.251 e. The molecule has 0 aliphatic heterocycles. The summed E-state index contributed by atoms with van der Waals surface area (Å²) in [4.78, 5) is 30.6. The van der Waals surface area contributed by atoms with Crippen molar-refractivity contribution >= 4 is 39.1 Å². The van der Waals surface area contributed by atoms with Crippen LogP contribution in [0.4, 0.5) is 11.4 Å². The second kappa shape index (κ2) is 8.37. The van der Waals surface area contributed by atoms with E-state index >= 15 is 0 Å². The first-order chi connectivity index (χ1) is 12.1. The van der Waals surface area contributed by atoms with Crippen LogP contribution in [-0.4, -0.2) is 36.3 Å². The van der Waals surface area contributed by atoms with Crippen molar-refractivity contribution in [1.82, 2.24) is 9.97 Å². The average molecular weight is 396 g/mol. The van der Waals surface area contributed by atoms with E-state index in [0.29, 0.717) is 22.2 Å². The molecule has 10 heteroatoms. The Morgan fingerprint density at radius 3 is 2.62 bits per heavy atom. The Kier molecular flexibility index (Phi) is 6.43. The molecule has 2 rings (SSSR count). The van der Waals surface area contributed by atoms with Gasteiger partial charge >= 0.3 is 0 Å². The number of hydrogen-bond donors (Lipinski definition) is 3. The van der Waals surface area contributed by atoms with Crippen molar-refractivity contribution in [3.8, 4) is 0 Å². The number of carbonyl (C=O) groups excluding carboxylic acids is 1. The number of hydrogen-bond acceptors (Lipinski definition) is 6. The van der Waals surface area contributed by atoms with Gasteiger partial charge in [-0.15, -0.1) is 0 Å². The van der Waals surface area contributed by atoms with Crippen LogP contribution in [0, 0.1) is 0 Å². The monoisotopic (exact) mass is 396 g/mol. The summed E-state index contributed by atoms with van der Waals surface area (Å²) in [5.41, 5.74) is 1.22. The first-order valence-electron chi connectivity index (χ1n) is 7.74. The number of thioether (sulfide) groups is 1. The molecule has 0 saturated carbocycles. The molecular formula is C16H20N4O4S2. The molecule has 0 aliphatic rings. The molecule has 0 fully saturated rings. The fourth-order valence-electron chi connectivity index (χ4n) is 2.02. The Morgan fingerprint density at radius 1 is 1.27 bits per heavy atom. The normalized spacial score (nSPS) is 11.4. The molecule has 1 amide bonds. The first kappa shape index (κ1) is 20.0. The lowest BCUT2D eigenvalue weighted by Gasteiger charge is -2.09. The first-order valence-corrected chi connectivity index (χ1v) is 10.6. The van der Waals surface area contributed by atoms with Crippen molar-refractivity contribution in [3.05, 3.63) is 46.4 Å². The molecule has 26 heavy (non-hydrogen) atoms. The van der Waals surface area contributed by atoms with Crippen LogP contribution in [0.3, 0.4) is 0 Å². The molecular weight excluding hydrogens is 376 g/mol. The molecule has 0 aliphatic carbocycles. The van der Waals surface area contributed by atoms with E-state index in [4.69, 9.17) is 0 Å². The Bertz CT molecular complexity index is 955. The third-order valence-corrected chi connectivity index (χ3v) is 4.60. The summed E-state index contributed by atoms with van der Waals surface area (Å²) in [7, 11) is -3.39.